The number of amides is 1. The van der Waals surface area contributed by atoms with E-state index in [0.29, 0.717) is 12.1 Å². The number of carbonyl (C=O) groups is 1. The molecule has 4 nitrogen and oxygen atoms in total. The average Bonchev–Trinajstić information content (AvgIpc) is 2.94. The number of benzene rings is 1. The number of halogens is 1. The quantitative estimate of drug-likeness (QED) is 0.618. The van der Waals surface area contributed by atoms with Gasteiger partial charge in [0.25, 0.3) is 5.91 Å². The van der Waals surface area contributed by atoms with Gasteiger partial charge < -0.3 is 9.88 Å². The van der Waals surface area contributed by atoms with Crippen molar-refractivity contribution in [3.63, 3.8) is 0 Å². The van der Waals surface area contributed by atoms with E-state index in [1.165, 1.54) is 0 Å². The van der Waals surface area contributed by atoms with Gasteiger partial charge in [0, 0.05) is 34.9 Å². The summed E-state index contributed by atoms with van der Waals surface area (Å²) in [5.74, 6) is -0.0737. The van der Waals surface area contributed by atoms with E-state index in [9.17, 15) is 4.79 Å². The Morgan fingerprint density at radius 3 is 3.00 bits per heavy atom. The van der Waals surface area contributed by atoms with Crippen molar-refractivity contribution in [3.05, 3.63) is 47.0 Å². The largest absolute Gasteiger partial charge is 0.352 e. The van der Waals surface area contributed by atoms with Crippen LogP contribution in [0, 0.1) is 0 Å². The van der Waals surface area contributed by atoms with Crippen LogP contribution < -0.4 is 5.32 Å². The highest BCUT2D eigenvalue weighted by atomic mass is 79.9. The molecule has 0 bridgehead atoms. The van der Waals surface area contributed by atoms with Gasteiger partial charge in [-0.05, 0) is 47.0 Å². The van der Waals surface area contributed by atoms with E-state index in [0.717, 1.165) is 28.8 Å². The second kappa shape index (κ2) is 7.50. The van der Waals surface area contributed by atoms with E-state index in [2.05, 4.69) is 38.9 Å². The molecule has 2 rings (SSSR count). The van der Waals surface area contributed by atoms with E-state index in [4.69, 9.17) is 0 Å². The fourth-order valence-electron chi connectivity index (χ4n) is 1.82. The lowest BCUT2D eigenvalue weighted by Gasteiger charge is -2.08. The molecule has 20 heavy (non-hydrogen) atoms. The van der Waals surface area contributed by atoms with E-state index in [-0.39, 0.29) is 5.91 Å². The average molecular weight is 354 g/mol. The van der Waals surface area contributed by atoms with Crippen molar-refractivity contribution >= 4 is 34.5 Å². The van der Waals surface area contributed by atoms with Crippen LogP contribution in [0.15, 0.2) is 46.3 Å². The van der Waals surface area contributed by atoms with Crippen LogP contribution in [0.1, 0.15) is 23.2 Å². The third kappa shape index (κ3) is 4.38. The number of rotatable bonds is 6. The first-order chi connectivity index (χ1) is 9.66. The Balaban J connectivity index is 1.73. The van der Waals surface area contributed by atoms with Crippen LogP contribution in [0.25, 0.3) is 0 Å². The van der Waals surface area contributed by atoms with E-state index < -0.39 is 0 Å². The predicted octanol–water partition coefficient (Wildman–Crippen LogP) is 3.14. The van der Waals surface area contributed by atoms with Gasteiger partial charge in [0.05, 0.1) is 11.9 Å². The summed E-state index contributed by atoms with van der Waals surface area (Å²) in [6, 6.07) is 5.43. The molecule has 6 heteroatoms. The van der Waals surface area contributed by atoms with Crippen LogP contribution in [-0.2, 0) is 6.54 Å². The Kier molecular flexibility index (Phi) is 5.67. The summed E-state index contributed by atoms with van der Waals surface area (Å²) in [5, 5.41) is 2.92. The smallest absolute Gasteiger partial charge is 0.252 e. The molecule has 106 valence electrons. The van der Waals surface area contributed by atoms with Crippen LogP contribution in [0.2, 0.25) is 0 Å². The van der Waals surface area contributed by atoms with Crippen LogP contribution in [0.5, 0.6) is 0 Å². The molecule has 2 aromatic rings. The van der Waals surface area contributed by atoms with Gasteiger partial charge >= 0.3 is 0 Å². The molecule has 0 saturated carbocycles. The molecule has 0 aliphatic heterocycles. The van der Waals surface area contributed by atoms with Gasteiger partial charge in [-0.15, -0.1) is 12.6 Å². The predicted molar refractivity (Wildman–Crippen MR) is 85.2 cm³/mol. The molecule has 0 saturated heterocycles. The Morgan fingerprint density at radius 2 is 2.25 bits per heavy atom. The monoisotopic (exact) mass is 353 g/mol. The molecule has 1 aromatic heterocycles. The lowest BCUT2D eigenvalue weighted by atomic mass is 10.2. The molecule has 0 spiro atoms. The number of carbonyl (C=O) groups excluding carboxylic acids is 1. The molecule has 1 amide bonds. The molecular weight excluding hydrogens is 338 g/mol. The summed E-state index contributed by atoms with van der Waals surface area (Å²) in [6.45, 7) is 1.59. The molecule has 0 aliphatic carbocycles. The number of aryl methyl sites for hydroxylation is 1. The van der Waals surface area contributed by atoms with Crippen molar-refractivity contribution in [2.24, 2.45) is 0 Å². The molecule has 1 aromatic carbocycles. The highest BCUT2D eigenvalue weighted by Crippen LogP contribution is 2.20. The fraction of sp³-hybridized carbons (Fsp3) is 0.286. The summed E-state index contributed by atoms with van der Waals surface area (Å²) in [6.07, 6.45) is 7.44. The minimum absolute atomic E-state index is 0.0737. The van der Waals surface area contributed by atoms with Gasteiger partial charge in [-0.1, -0.05) is 0 Å². The highest BCUT2D eigenvalue weighted by molar-refractivity contribution is 9.10. The number of hydrogen-bond acceptors (Lipinski definition) is 3. The van der Waals surface area contributed by atoms with Gasteiger partial charge in [-0.2, -0.15) is 0 Å². The third-order valence-corrected chi connectivity index (χ3v) is 3.85. The van der Waals surface area contributed by atoms with Gasteiger partial charge in [-0.3, -0.25) is 4.79 Å². The highest BCUT2D eigenvalue weighted by Gasteiger charge is 2.09. The number of aromatic nitrogens is 2. The van der Waals surface area contributed by atoms with Crippen molar-refractivity contribution in [1.82, 2.24) is 14.9 Å². The molecule has 0 aliphatic rings. The van der Waals surface area contributed by atoms with Crippen LogP contribution >= 0.6 is 28.6 Å². The number of unbranched alkanes of at least 4 members (excludes halogenated alkanes) is 1. The summed E-state index contributed by atoms with van der Waals surface area (Å²) < 4.78 is 2.81. The van der Waals surface area contributed by atoms with Crippen molar-refractivity contribution in [1.29, 1.82) is 0 Å². The molecule has 0 radical (unpaired) electrons. The zero-order valence-electron chi connectivity index (χ0n) is 10.9. The summed E-state index contributed by atoms with van der Waals surface area (Å²) in [7, 11) is 0. The van der Waals surface area contributed by atoms with Crippen molar-refractivity contribution in [3.8, 4) is 0 Å². The van der Waals surface area contributed by atoms with E-state index >= 15 is 0 Å². The zero-order chi connectivity index (χ0) is 14.4. The maximum absolute atomic E-state index is 12.0. The van der Waals surface area contributed by atoms with E-state index in [1.54, 1.807) is 18.6 Å². The topological polar surface area (TPSA) is 46.9 Å². The first-order valence-electron chi connectivity index (χ1n) is 6.39. The Hall–Kier alpha value is -1.27. The number of hydrogen-bond donors (Lipinski definition) is 2. The summed E-state index contributed by atoms with van der Waals surface area (Å²) in [5.41, 5.74) is 0.618. The zero-order valence-corrected chi connectivity index (χ0v) is 13.4. The molecule has 1 heterocycles. The van der Waals surface area contributed by atoms with Gasteiger partial charge in [0.1, 0.15) is 0 Å². The van der Waals surface area contributed by atoms with E-state index in [1.807, 2.05) is 22.9 Å². The normalized spacial score (nSPS) is 10.5. The number of thiol groups is 1. The number of imidazole rings is 1. The number of nitrogens with zero attached hydrogens (tertiary/aromatic N) is 2. The third-order valence-electron chi connectivity index (χ3n) is 2.88. The van der Waals surface area contributed by atoms with Gasteiger partial charge in [0.2, 0.25) is 0 Å². The molecule has 0 fully saturated rings. The minimum atomic E-state index is -0.0737. The minimum Gasteiger partial charge on any atom is -0.352 e. The Morgan fingerprint density at radius 1 is 1.40 bits per heavy atom. The Bertz CT molecular complexity index is 572. The van der Waals surface area contributed by atoms with Crippen LogP contribution in [-0.4, -0.2) is 22.0 Å². The molecular formula is C14H16BrN3OS. The second-order valence-corrected chi connectivity index (χ2v) is 5.80. The fourth-order valence-corrected chi connectivity index (χ4v) is 2.45. The maximum atomic E-state index is 12.0. The Labute approximate surface area is 132 Å². The summed E-state index contributed by atoms with van der Waals surface area (Å²) >= 11 is 7.62. The van der Waals surface area contributed by atoms with Crippen molar-refractivity contribution in [2.45, 2.75) is 24.3 Å². The van der Waals surface area contributed by atoms with Crippen LogP contribution in [0.4, 0.5) is 0 Å². The van der Waals surface area contributed by atoms with Crippen molar-refractivity contribution < 1.29 is 4.79 Å². The van der Waals surface area contributed by atoms with Gasteiger partial charge in [-0.25, -0.2) is 4.98 Å². The standard InChI is InChI=1S/C14H16BrN3OS/c15-13-4-3-11(20)9-12(13)14(19)17-5-1-2-7-18-8-6-16-10-18/h3-4,6,8-10,20H,1-2,5,7H2,(H,17,19). The first-order valence-corrected chi connectivity index (χ1v) is 7.63. The maximum Gasteiger partial charge on any atom is 0.252 e. The first kappa shape index (κ1) is 15.1. The summed E-state index contributed by atoms with van der Waals surface area (Å²) in [4.78, 5) is 16.8. The molecule has 1 N–H and O–H groups in total. The SMILES string of the molecule is O=C(NCCCCn1ccnc1)c1cc(S)ccc1Br. The molecule has 0 unspecified atom stereocenters. The molecule has 0 atom stereocenters. The van der Waals surface area contributed by atoms with Crippen LogP contribution in [0.3, 0.4) is 0 Å². The lowest BCUT2D eigenvalue weighted by Crippen LogP contribution is -2.25. The second-order valence-electron chi connectivity index (χ2n) is 4.43. The van der Waals surface area contributed by atoms with Gasteiger partial charge in [0.15, 0.2) is 0 Å². The number of nitrogens with one attached hydrogen (secondary N) is 1. The van der Waals surface area contributed by atoms with Crippen molar-refractivity contribution in [2.75, 3.05) is 6.54 Å². The lowest BCUT2D eigenvalue weighted by molar-refractivity contribution is 0.0952.